The Balaban J connectivity index is 2.32. The third kappa shape index (κ3) is 1.82. The molecule has 14 heavy (non-hydrogen) atoms. The quantitative estimate of drug-likeness (QED) is 0.724. The molecule has 0 aromatic heterocycles. The SMILES string of the molecule is CN(C)c1ccc2c(c1)CNCCO2. The van der Waals surface area contributed by atoms with Crippen LogP contribution in [-0.2, 0) is 6.54 Å². The highest BCUT2D eigenvalue weighted by Gasteiger charge is 2.09. The summed E-state index contributed by atoms with van der Waals surface area (Å²) in [6.07, 6.45) is 0. The zero-order chi connectivity index (χ0) is 9.97. The first-order chi connectivity index (χ1) is 6.77. The molecule has 0 radical (unpaired) electrons. The average Bonchev–Trinajstić information content (AvgIpc) is 2.41. The van der Waals surface area contributed by atoms with E-state index in [1.807, 2.05) is 14.1 Å². The maximum atomic E-state index is 5.60. The van der Waals surface area contributed by atoms with E-state index in [0.717, 1.165) is 25.4 Å². The third-order valence-electron chi connectivity index (χ3n) is 2.41. The lowest BCUT2D eigenvalue weighted by Gasteiger charge is -2.15. The van der Waals surface area contributed by atoms with Crippen LogP contribution in [0.4, 0.5) is 5.69 Å². The van der Waals surface area contributed by atoms with E-state index in [-0.39, 0.29) is 0 Å². The van der Waals surface area contributed by atoms with Crippen LogP contribution in [0, 0.1) is 0 Å². The van der Waals surface area contributed by atoms with Crippen molar-refractivity contribution in [1.82, 2.24) is 5.32 Å². The highest BCUT2D eigenvalue weighted by atomic mass is 16.5. The number of anilines is 1. The Kier molecular flexibility index (Phi) is 2.59. The summed E-state index contributed by atoms with van der Waals surface area (Å²) in [4.78, 5) is 2.10. The molecule has 0 aliphatic carbocycles. The lowest BCUT2D eigenvalue weighted by molar-refractivity contribution is 0.326. The predicted molar refractivity (Wildman–Crippen MR) is 58.0 cm³/mol. The van der Waals surface area contributed by atoms with Crippen molar-refractivity contribution in [3.63, 3.8) is 0 Å². The van der Waals surface area contributed by atoms with Gasteiger partial charge in [0.05, 0.1) is 0 Å². The van der Waals surface area contributed by atoms with Crippen LogP contribution in [0.5, 0.6) is 5.75 Å². The molecule has 0 fully saturated rings. The molecular weight excluding hydrogens is 176 g/mol. The number of benzene rings is 1. The van der Waals surface area contributed by atoms with Gasteiger partial charge in [0.1, 0.15) is 12.4 Å². The van der Waals surface area contributed by atoms with Crippen molar-refractivity contribution in [3.8, 4) is 5.75 Å². The molecular formula is C11H16N2O. The number of nitrogens with one attached hydrogen (secondary N) is 1. The van der Waals surface area contributed by atoms with E-state index in [9.17, 15) is 0 Å². The average molecular weight is 192 g/mol. The maximum Gasteiger partial charge on any atom is 0.123 e. The molecule has 1 N–H and O–H groups in total. The van der Waals surface area contributed by atoms with E-state index in [2.05, 4.69) is 28.4 Å². The smallest absolute Gasteiger partial charge is 0.123 e. The second-order valence-electron chi connectivity index (χ2n) is 3.71. The molecule has 0 amide bonds. The summed E-state index contributed by atoms with van der Waals surface area (Å²) in [5, 5.41) is 3.33. The monoisotopic (exact) mass is 192 g/mol. The Morgan fingerprint density at radius 2 is 2.21 bits per heavy atom. The molecule has 0 bridgehead atoms. The van der Waals surface area contributed by atoms with E-state index < -0.39 is 0 Å². The minimum atomic E-state index is 0.758. The summed E-state index contributed by atoms with van der Waals surface area (Å²) in [6.45, 7) is 2.58. The third-order valence-corrected chi connectivity index (χ3v) is 2.41. The highest BCUT2D eigenvalue weighted by Crippen LogP contribution is 2.25. The Morgan fingerprint density at radius 1 is 1.36 bits per heavy atom. The predicted octanol–water partition coefficient (Wildman–Crippen LogP) is 1.23. The zero-order valence-corrected chi connectivity index (χ0v) is 8.71. The van der Waals surface area contributed by atoms with Crippen molar-refractivity contribution in [1.29, 1.82) is 0 Å². The molecule has 2 rings (SSSR count). The van der Waals surface area contributed by atoms with Gasteiger partial charge in [0.25, 0.3) is 0 Å². The van der Waals surface area contributed by atoms with Crippen molar-refractivity contribution in [2.45, 2.75) is 6.54 Å². The minimum absolute atomic E-state index is 0.758. The molecule has 1 aliphatic rings. The second-order valence-corrected chi connectivity index (χ2v) is 3.71. The second kappa shape index (κ2) is 3.88. The van der Waals surface area contributed by atoms with Crippen molar-refractivity contribution >= 4 is 5.69 Å². The fourth-order valence-corrected chi connectivity index (χ4v) is 1.58. The van der Waals surface area contributed by atoms with Gasteiger partial charge < -0.3 is 15.0 Å². The van der Waals surface area contributed by atoms with E-state index >= 15 is 0 Å². The standard InChI is InChI=1S/C11H16N2O/c1-13(2)10-3-4-11-9(7-10)8-12-5-6-14-11/h3-4,7,12H,5-6,8H2,1-2H3. The van der Waals surface area contributed by atoms with E-state index in [4.69, 9.17) is 4.74 Å². The number of hydrogen-bond acceptors (Lipinski definition) is 3. The normalized spacial score (nSPS) is 15.3. The first kappa shape index (κ1) is 9.34. The van der Waals surface area contributed by atoms with Crippen LogP contribution in [0.2, 0.25) is 0 Å². The van der Waals surface area contributed by atoms with Crippen molar-refractivity contribution in [2.24, 2.45) is 0 Å². The van der Waals surface area contributed by atoms with Gasteiger partial charge in [-0.2, -0.15) is 0 Å². The van der Waals surface area contributed by atoms with Crippen LogP contribution in [0.15, 0.2) is 18.2 Å². The lowest BCUT2D eigenvalue weighted by atomic mass is 10.1. The number of ether oxygens (including phenoxy) is 1. The molecule has 1 aliphatic heterocycles. The molecule has 3 nitrogen and oxygen atoms in total. The minimum Gasteiger partial charge on any atom is -0.492 e. The number of fused-ring (bicyclic) bond motifs is 1. The number of rotatable bonds is 1. The molecule has 0 atom stereocenters. The van der Waals surface area contributed by atoms with Gasteiger partial charge in [0, 0.05) is 38.4 Å². The lowest BCUT2D eigenvalue weighted by Crippen LogP contribution is -2.16. The summed E-state index contributed by atoms with van der Waals surface area (Å²) in [6, 6.07) is 6.31. The van der Waals surface area contributed by atoms with E-state index in [1.165, 1.54) is 11.3 Å². The van der Waals surface area contributed by atoms with Crippen molar-refractivity contribution in [2.75, 3.05) is 32.1 Å². The van der Waals surface area contributed by atoms with E-state index in [0.29, 0.717) is 0 Å². The zero-order valence-electron chi connectivity index (χ0n) is 8.71. The summed E-state index contributed by atoms with van der Waals surface area (Å²) in [5.74, 6) is 1.01. The number of hydrogen-bond donors (Lipinski definition) is 1. The Bertz CT molecular complexity index is 323. The largest absolute Gasteiger partial charge is 0.492 e. The van der Waals surface area contributed by atoms with Gasteiger partial charge in [-0.3, -0.25) is 0 Å². The van der Waals surface area contributed by atoms with Gasteiger partial charge in [-0.1, -0.05) is 0 Å². The molecule has 76 valence electrons. The molecule has 0 saturated heterocycles. The van der Waals surface area contributed by atoms with Crippen LogP contribution < -0.4 is 15.0 Å². The number of nitrogens with zero attached hydrogens (tertiary/aromatic N) is 1. The first-order valence-electron chi connectivity index (χ1n) is 4.91. The summed E-state index contributed by atoms with van der Waals surface area (Å²) in [5.41, 5.74) is 2.46. The molecule has 0 spiro atoms. The van der Waals surface area contributed by atoms with Gasteiger partial charge in [0.15, 0.2) is 0 Å². The van der Waals surface area contributed by atoms with Crippen LogP contribution in [0.3, 0.4) is 0 Å². The summed E-state index contributed by atoms with van der Waals surface area (Å²) < 4.78 is 5.60. The molecule has 1 aromatic rings. The van der Waals surface area contributed by atoms with Gasteiger partial charge in [-0.25, -0.2) is 0 Å². The van der Waals surface area contributed by atoms with Crippen LogP contribution in [-0.4, -0.2) is 27.2 Å². The van der Waals surface area contributed by atoms with Crippen LogP contribution in [0.25, 0.3) is 0 Å². The van der Waals surface area contributed by atoms with Crippen LogP contribution >= 0.6 is 0 Å². The van der Waals surface area contributed by atoms with Gasteiger partial charge in [-0.05, 0) is 18.2 Å². The maximum absolute atomic E-state index is 5.60. The van der Waals surface area contributed by atoms with Gasteiger partial charge in [0.2, 0.25) is 0 Å². The highest BCUT2D eigenvalue weighted by molar-refractivity contribution is 5.52. The molecule has 0 saturated carbocycles. The van der Waals surface area contributed by atoms with Gasteiger partial charge in [-0.15, -0.1) is 0 Å². The fraction of sp³-hybridized carbons (Fsp3) is 0.455. The molecule has 1 heterocycles. The molecule has 3 heteroatoms. The van der Waals surface area contributed by atoms with E-state index in [1.54, 1.807) is 0 Å². The topological polar surface area (TPSA) is 24.5 Å². The van der Waals surface area contributed by atoms with Gasteiger partial charge >= 0.3 is 0 Å². The van der Waals surface area contributed by atoms with Crippen molar-refractivity contribution in [3.05, 3.63) is 23.8 Å². The Labute approximate surface area is 84.7 Å². The van der Waals surface area contributed by atoms with Crippen molar-refractivity contribution < 1.29 is 4.74 Å². The first-order valence-corrected chi connectivity index (χ1v) is 4.91. The fourth-order valence-electron chi connectivity index (χ4n) is 1.58. The summed E-state index contributed by atoms with van der Waals surface area (Å²) >= 11 is 0. The molecule has 1 aromatic carbocycles. The summed E-state index contributed by atoms with van der Waals surface area (Å²) in [7, 11) is 4.10. The Hall–Kier alpha value is -1.22. The Morgan fingerprint density at radius 3 is 3.00 bits per heavy atom. The molecule has 0 unspecified atom stereocenters. The van der Waals surface area contributed by atoms with Crippen LogP contribution in [0.1, 0.15) is 5.56 Å².